The molecular weight excluding hydrogens is 264 g/mol. The Bertz CT molecular complexity index is 451. The summed E-state index contributed by atoms with van der Waals surface area (Å²) in [5.41, 5.74) is 7.29. The average Bonchev–Trinajstić information content (AvgIpc) is 2.32. The first-order valence-corrected chi connectivity index (χ1v) is 6.82. The molecule has 3 N–H and O–H groups in total. The number of anilines is 1. The Morgan fingerprint density at radius 1 is 1.53 bits per heavy atom. The normalized spacial score (nSPS) is 23.5. The molecule has 106 valence electrons. The van der Waals surface area contributed by atoms with E-state index in [2.05, 4.69) is 4.90 Å². The van der Waals surface area contributed by atoms with E-state index in [1.54, 1.807) is 0 Å². The van der Waals surface area contributed by atoms with Crippen LogP contribution in [0.5, 0.6) is 0 Å². The average molecular weight is 285 g/mol. The number of hydrogen-bond donors (Lipinski definition) is 2. The van der Waals surface area contributed by atoms with E-state index >= 15 is 0 Å². The SMILES string of the molecule is CC1(C)CN(Cc2ccc(Cl)c(N)c2)CC(CO)O1. The van der Waals surface area contributed by atoms with Crippen molar-refractivity contribution in [3.63, 3.8) is 0 Å². The van der Waals surface area contributed by atoms with Gasteiger partial charge in [0.15, 0.2) is 0 Å². The molecule has 1 aromatic carbocycles. The molecule has 1 aliphatic heterocycles. The lowest BCUT2D eigenvalue weighted by molar-refractivity contribution is -0.150. The highest BCUT2D eigenvalue weighted by molar-refractivity contribution is 6.33. The summed E-state index contributed by atoms with van der Waals surface area (Å²) in [4.78, 5) is 2.27. The first-order valence-electron chi connectivity index (χ1n) is 6.44. The van der Waals surface area contributed by atoms with Crippen LogP contribution in [0.2, 0.25) is 5.02 Å². The molecule has 0 bridgehead atoms. The summed E-state index contributed by atoms with van der Waals surface area (Å²) in [6.45, 7) is 6.46. The number of aliphatic hydroxyl groups is 1. The summed E-state index contributed by atoms with van der Waals surface area (Å²) < 4.78 is 5.80. The van der Waals surface area contributed by atoms with Crippen LogP contribution in [0.1, 0.15) is 19.4 Å². The van der Waals surface area contributed by atoms with Crippen molar-refractivity contribution in [1.82, 2.24) is 4.90 Å². The number of ether oxygens (including phenoxy) is 1. The first-order chi connectivity index (χ1) is 8.89. The molecule has 1 heterocycles. The summed E-state index contributed by atoms with van der Waals surface area (Å²) in [7, 11) is 0. The number of benzene rings is 1. The van der Waals surface area contributed by atoms with Gasteiger partial charge in [0.2, 0.25) is 0 Å². The van der Waals surface area contributed by atoms with Crippen LogP contribution in [0.25, 0.3) is 0 Å². The van der Waals surface area contributed by atoms with Gasteiger partial charge in [0, 0.05) is 19.6 Å². The molecule has 1 fully saturated rings. The largest absolute Gasteiger partial charge is 0.398 e. The monoisotopic (exact) mass is 284 g/mol. The van der Waals surface area contributed by atoms with Gasteiger partial charge in [-0.05, 0) is 31.5 Å². The van der Waals surface area contributed by atoms with Crippen molar-refractivity contribution in [1.29, 1.82) is 0 Å². The van der Waals surface area contributed by atoms with Crippen LogP contribution in [0, 0.1) is 0 Å². The van der Waals surface area contributed by atoms with Gasteiger partial charge < -0.3 is 15.6 Å². The van der Waals surface area contributed by atoms with Gasteiger partial charge in [0.1, 0.15) is 0 Å². The lowest BCUT2D eigenvalue weighted by atomic mass is 10.0. The maximum absolute atomic E-state index is 9.30. The van der Waals surface area contributed by atoms with Gasteiger partial charge in [-0.1, -0.05) is 17.7 Å². The predicted octanol–water partition coefficient (Wildman–Crippen LogP) is 1.89. The van der Waals surface area contributed by atoms with Crippen LogP contribution < -0.4 is 5.73 Å². The Kier molecular flexibility index (Phi) is 4.36. The van der Waals surface area contributed by atoms with Crippen molar-refractivity contribution >= 4 is 17.3 Å². The molecule has 5 heteroatoms. The van der Waals surface area contributed by atoms with E-state index in [4.69, 9.17) is 22.1 Å². The van der Waals surface area contributed by atoms with Gasteiger partial charge in [-0.15, -0.1) is 0 Å². The molecule has 0 saturated carbocycles. The highest BCUT2D eigenvalue weighted by Gasteiger charge is 2.32. The smallest absolute Gasteiger partial charge is 0.0940 e. The molecule has 0 aliphatic carbocycles. The standard InChI is InChI=1S/C14H21ClN2O2/c1-14(2)9-17(7-11(8-18)19-14)6-10-3-4-12(15)13(16)5-10/h3-5,11,18H,6-9,16H2,1-2H3. The predicted molar refractivity (Wildman–Crippen MR) is 77.2 cm³/mol. The Morgan fingerprint density at radius 2 is 2.26 bits per heavy atom. The van der Waals surface area contributed by atoms with Crippen LogP contribution in [0.3, 0.4) is 0 Å². The van der Waals surface area contributed by atoms with E-state index in [-0.39, 0.29) is 18.3 Å². The summed E-state index contributed by atoms with van der Waals surface area (Å²) in [5, 5.41) is 9.88. The van der Waals surface area contributed by atoms with Crippen molar-refractivity contribution in [2.45, 2.75) is 32.1 Å². The van der Waals surface area contributed by atoms with Crippen LogP contribution in [-0.4, -0.2) is 41.4 Å². The molecular formula is C14H21ClN2O2. The molecule has 0 radical (unpaired) electrons. The Morgan fingerprint density at radius 3 is 2.89 bits per heavy atom. The highest BCUT2D eigenvalue weighted by Crippen LogP contribution is 2.24. The molecule has 2 rings (SSSR count). The Balaban J connectivity index is 2.07. The molecule has 1 aliphatic rings. The van der Waals surface area contributed by atoms with E-state index in [9.17, 15) is 5.11 Å². The minimum atomic E-state index is -0.246. The lowest BCUT2D eigenvalue weighted by Gasteiger charge is -2.42. The number of rotatable bonds is 3. The molecule has 4 nitrogen and oxygen atoms in total. The van der Waals surface area contributed by atoms with Crippen LogP contribution >= 0.6 is 11.6 Å². The van der Waals surface area contributed by atoms with Gasteiger partial charge in [0.05, 0.1) is 29.0 Å². The number of aliphatic hydroxyl groups excluding tert-OH is 1. The highest BCUT2D eigenvalue weighted by atomic mass is 35.5. The van der Waals surface area contributed by atoms with E-state index < -0.39 is 0 Å². The fraction of sp³-hybridized carbons (Fsp3) is 0.571. The first kappa shape index (κ1) is 14.6. The third kappa shape index (κ3) is 3.83. The summed E-state index contributed by atoms with van der Waals surface area (Å²) in [6, 6.07) is 5.70. The molecule has 1 atom stereocenters. The summed E-state index contributed by atoms with van der Waals surface area (Å²) in [5.74, 6) is 0. The van der Waals surface area contributed by atoms with Gasteiger partial charge in [-0.25, -0.2) is 0 Å². The molecule has 0 spiro atoms. The number of nitrogens with two attached hydrogens (primary N) is 1. The van der Waals surface area contributed by atoms with E-state index in [0.29, 0.717) is 10.7 Å². The van der Waals surface area contributed by atoms with E-state index in [0.717, 1.165) is 25.2 Å². The maximum Gasteiger partial charge on any atom is 0.0940 e. The van der Waals surface area contributed by atoms with Gasteiger partial charge >= 0.3 is 0 Å². The second-order valence-corrected chi connectivity index (χ2v) is 6.11. The van der Waals surface area contributed by atoms with Crippen LogP contribution in [0.15, 0.2) is 18.2 Å². The second-order valence-electron chi connectivity index (χ2n) is 5.71. The van der Waals surface area contributed by atoms with Crippen molar-refractivity contribution < 1.29 is 9.84 Å². The van der Waals surface area contributed by atoms with Gasteiger partial charge in [-0.3, -0.25) is 4.90 Å². The minimum absolute atomic E-state index is 0.0443. The Hall–Kier alpha value is -0.810. The van der Waals surface area contributed by atoms with Crippen molar-refractivity contribution in [3.8, 4) is 0 Å². The number of nitrogen functional groups attached to an aromatic ring is 1. The number of halogens is 1. The molecule has 19 heavy (non-hydrogen) atoms. The van der Waals surface area contributed by atoms with Crippen molar-refractivity contribution in [3.05, 3.63) is 28.8 Å². The molecule has 0 amide bonds. The van der Waals surface area contributed by atoms with Crippen LogP contribution in [-0.2, 0) is 11.3 Å². The third-order valence-electron chi connectivity index (χ3n) is 3.22. The van der Waals surface area contributed by atoms with Gasteiger partial charge in [0.25, 0.3) is 0 Å². The Labute approximate surface area is 119 Å². The van der Waals surface area contributed by atoms with Crippen molar-refractivity contribution in [2.24, 2.45) is 0 Å². The zero-order valence-corrected chi connectivity index (χ0v) is 12.2. The fourth-order valence-electron chi connectivity index (χ4n) is 2.58. The topological polar surface area (TPSA) is 58.7 Å². The van der Waals surface area contributed by atoms with Crippen LogP contribution in [0.4, 0.5) is 5.69 Å². The summed E-state index contributed by atoms with van der Waals surface area (Å²) >= 11 is 5.92. The van der Waals surface area contributed by atoms with E-state index in [1.807, 2.05) is 32.0 Å². The molecule has 0 aromatic heterocycles. The molecule has 1 aromatic rings. The number of morpholine rings is 1. The zero-order valence-electron chi connectivity index (χ0n) is 11.4. The quantitative estimate of drug-likeness (QED) is 0.833. The molecule has 1 unspecified atom stereocenters. The number of hydrogen-bond acceptors (Lipinski definition) is 4. The maximum atomic E-state index is 9.30. The molecule has 1 saturated heterocycles. The second kappa shape index (κ2) is 5.67. The number of nitrogens with zero attached hydrogens (tertiary/aromatic N) is 1. The zero-order chi connectivity index (χ0) is 14.0. The minimum Gasteiger partial charge on any atom is -0.398 e. The summed E-state index contributed by atoms with van der Waals surface area (Å²) in [6.07, 6.45) is -0.131. The van der Waals surface area contributed by atoms with Crippen molar-refractivity contribution in [2.75, 3.05) is 25.4 Å². The van der Waals surface area contributed by atoms with Gasteiger partial charge in [-0.2, -0.15) is 0 Å². The van der Waals surface area contributed by atoms with E-state index in [1.165, 1.54) is 0 Å². The lowest BCUT2D eigenvalue weighted by Crippen LogP contribution is -2.53. The fourth-order valence-corrected chi connectivity index (χ4v) is 2.70. The third-order valence-corrected chi connectivity index (χ3v) is 3.57.